The zero-order chi connectivity index (χ0) is 15.6. The summed E-state index contributed by atoms with van der Waals surface area (Å²) in [6.07, 6.45) is 0. The van der Waals surface area contributed by atoms with Crippen molar-refractivity contribution in [3.05, 3.63) is 71.0 Å². The Morgan fingerprint density at radius 3 is 2.35 bits per heavy atom. The summed E-state index contributed by atoms with van der Waals surface area (Å²) in [6, 6.07) is 20.0. The van der Waals surface area contributed by atoms with E-state index in [9.17, 15) is 4.79 Å². The van der Waals surface area contributed by atoms with Crippen LogP contribution >= 0.6 is 0 Å². The van der Waals surface area contributed by atoms with Gasteiger partial charge in [0.1, 0.15) is 5.75 Å². The lowest BCUT2D eigenvalue weighted by Crippen LogP contribution is -2.12. The number of aromatic nitrogens is 1. The van der Waals surface area contributed by atoms with Gasteiger partial charge >= 0.3 is 0 Å². The Bertz CT molecular complexity index is 1270. The van der Waals surface area contributed by atoms with Crippen molar-refractivity contribution in [1.82, 2.24) is 4.40 Å². The largest absolute Gasteiger partial charge is 0.497 e. The number of hydrogen-bond acceptors (Lipinski definition) is 2. The molecule has 5 aromatic rings. The normalized spacial score (nSPS) is 11.9. The van der Waals surface area contributed by atoms with Crippen LogP contribution in [0.4, 0.5) is 0 Å². The third-order valence-electron chi connectivity index (χ3n) is 4.65. The summed E-state index contributed by atoms with van der Waals surface area (Å²) in [5.74, 6) is 0.698. The van der Waals surface area contributed by atoms with Crippen LogP contribution in [-0.4, -0.2) is 11.5 Å². The molecule has 0 saturated heterocycles. The van der Waals surface area contributed by atoms with Gasteiger partial charge in [-0.15, -0.1) is 0 Å². The van der Waals surface area contributed by atoms with Crippen molar-refractivity contribution in [3.63, 3.8) is 0 Å². The SMILES string of the molecule is COc1ccc2c(c1)c(=O)n1c3ccccc3c3cccc2c31. The molecule has 2 heterocycles. The molecule has 0 fully saturated rings. The van der Waals surface area contributed by atoms with Gasteiger partial charge in [0.25, 0.3) is 5.56 Å². The van der Waals surface area contributed by atoms with Gasteiger partial charge in [0.15, 0.2) is 0 Å². The van der Waals surface area contributed by atoms with Crippen molar-refractivity contribution < 1.29 is 4.74 Å². The average molecular weight is 299 g/mol. The number of benzene rings is 3. The molecule has 0 bridgehead atoms. The molecular weight excluding hydrogens is 286 g/mol. The highest BCUT2D eigenvalue weighted by molar-refractivity contribution is 6.20. The molecule has 0 aliphatic heterocycles. The molecule has 0 radical (unpaired) electrons. The molecule has 0 atom stereocenters. The minimum absolute atomic E-state index is 0.00352. The summed E-state index contributed by atoms with van der Waals surface area (Å²) in [6.45, 7) is 0. The van der Waals surface area contributed by atoms with Crippen molar-refractivity contribution in [1.29, 1.82) is 0 Å². The molecule has 0 spiro atoms. The molecule has 110 valence electrons. The Hall–Kier alpha value is -3.07. The van der Waals surface area contributed by atoms with Gasteiger partial charge in [-0.2, -0.15) is 0 Å². The molecule has 0 unspecified atom stereocenters. The van der Waals surface area contributed by atoms with E-state index >= 15 is 0 Å². The number of para-hydroxylation sites is 2. The van der Waals surface area contributed by atoms with E-state index in [0.717, 1.165) is 32.6 Å². The van der Waals surface area contributed by atoms with E-state index < -0.39 is 0 Å². The number of rotatable bonds is 1. The Balaban J connectivity index is 2.21. The van der Waals surface area contributed by atoms with E-state index in [2.05, 4.69) is 24.3 Å². The lowest BCUT2D eigenvalue weighted by molar-refractivity contribution is 0.415. The van der Waals surface area contributed by atoms with Gasteiger partial charge in [0, 0.05) is 16.2 Å². The van der Waals surface area contributed by atoms with Gasteiger partial charge in [-0.1, -0.05) is 36.4 Å². The molecule has 23 heavy (non-hydrogen) atoms. The molecule has 0 saturated carbocycles. The summed E-state index contributed by atoms with van der Waals surface area (Å²) in [7, 11) is 1.62. The molecular formula is C20H13NO2. The predicted octanol–water partition coefficient (Wildman–Crippen LogP) is 4.21. The standard InChI is InChI=1S/C20H13NO2/c1-23-12-9-10-13-15-6-4-7-16-14-5-2-3-8-18(14)21(19(15)16)20(22)17(13)11-12/h2-11H,1H3. The van der Waals surface area contributed by atoms with Crippen LogP contribution in [0.25, 0.3) is 38.0 Å². The second-order valence-electron chi connectivity index (χ2n) is 5.77. The first-order chi connectivity index (χ1) is 11.3. The van der Waals surface area contributed by atoms with Crippen LogP contribution in [-0.2, 0) is 0 Å². The van der Waals surface area contributed by atoms with Crippen molar-refractivity contribution >= 4 is 38.0 Å². The van der Waals surface area contributed by atoms with E-state index in [4.69, 9.17) is 4.74 Å². The zero-order valence-electron chi connectivity index (χ0n) is 12.5. The topological polar surface area (TPSA) is 30.7 Å². The second kappa shape index (κ2) is 4.23. The second-order valence-corrected chi connectivity index (χ2v) is 5.77. The number of fused-ring (bicyclic) bond motifs is 5. The Morgan fingerprint density at radius 1 is 0.783 bits per heavy atom. The molecule has 3 nitrogen and oxygen atoms in total. The van der Waals surface area contributed by atoms with E-state index in [0.29, 0.717) is 11.1 Å². The van der Waals surface area contributed by atoms with E-state index in [1.807, 2.05) is 40.8 Å². The maximum Gasteiger partial charge on any atom is 0.263 e. The first kappa shape index (κ1) is 12.5. The lowest BCUT2D eigenvalue weighted by Gasteiger charge is -2.07. The van der Waals surface area contributed by atoms with Gasteiger partial charge in [-0.05, 0) is 29.7 Å². The maximum atomic E-state index is 13.1. The van der Waals surface area contributed by atoms with Crippen LogP contribution in [0, 0.1) is 0 Å². The number of pyridine rings is 1. The highest BCUT2D eigenvalue weighted by atomic mass is 16.5. The number of ether oxygens (including phenoxy) is 1. The molecule has 3 heteroatoms. The lowest BCUT2D eigenvalue weighted by atomic mass is 10.0. The van der Waals surface area contributed by atoms with Crippen LogP contribution in [0.2, 0.25) is 0 Å². The number of nitrogens with zero attached hydrogens (tertiary/aromatic N) is 1. The van der Waals surface area contributed by atoms with Gasteiger partial charge in [0.2, 0.25) is 0 Å². The van der Waals surface area contributed by atoms with Crippen molar-refractivity contribution in [3.8, 4) is 5.75 Å². The molecule has 0 aliphatic carbocycles. The van der Waals surface area contributed by atoms with Crippen molar-refractivity contribution in [2.24, 2.45) is 0 Å². The first-order valence-electron chi connectivity index (χ1n) is 7.55. The molecule has 0 aliphatic rings. The van der Waals surface area contributed by atoms with E-state index in [-0.39, 0.29) is 5.56 Å². The van der Waals surface area contributed by atoms with Gasteiger partial charge in [-0.25, -0.2) is 0 Å². The van der Waals surface area contributed by atoms with Crippen molar-refractivity contribution in [2.75, 3.05) is 7.11 Å². The predicted molar refractivity (Wildman–Crippen MR) is 93.9 cm³/mol. The van der Waals surface area contributed by atoms with Gasteiger partial charge in [-0.3, -0.25) is 9.20 Å². The van der Waals surface area contributed by atoms with E-state index in [1.54, 1.807) is 7.11 Å². The number of methoxy groups -OCH3 is 1. The van der Waals surface area contributed by atoms with Crippen LogP contribution in [0.3, 0.4) is 0 Å². The summed E-state index contributed by atoms with van der Waals surface area (Å²) in [5.41, 5.74) is 1.95. The Morgan fingerprint density at radius 2 is 1.52 bits per heavy atom. The monoisotopic (exact) mass is 299 g/mol. The highest BCUT2D eigenvalue weighted by Crippen LogP contribution is 2.34. The summed E-state index contributed by atoms with van der Waals surface area (Å²) < 4.78 is 7.13. The maximum absolute atomic E-state index is 13.1. The van der Waals surface area contributed by atoms with Crippen LogP contribution in [0.15, 0.2) is 65.5 Å². The quantitative estimate of drug-likeness (QED) is 0.434. The molecule has 2 aromatic heterocycles. The average Bonchev–Trinajstić information content (AvgIpc) is 2.95. The highest BCUT2D eigenvalue weighted by Gasteiger charge is 2.16. The summed E-state index contributed by atoms with van der Waals surface area (Å²) in [4.78, 5) is 13.1. The van der Waals surface area contributed by atoms with E-state index in [1.165, 1.54) is 0 Å². The Labute approximate surface area is 131 Å². The minimum atomic E-state index is 0.00352. The summed E-state index contributed by atoms with van der Waals surface area (Å²) >= 11 is 0. The van der Waals surface area contributed by atoms with Crippen molar-refractivity contribution in [2.45, 2.75) is 0 Å². The number of hydrogen-bond donors (Lipinski definition) is 0. The molecule has 0 amide bonds. The third-order valence-corrected chi connectivity index (χ3v) is 4.65. The fourth-order valence-electron chi connectivity index (χ4n) is 3.63. The minimum Gasteiger partial charge on any atom is -0.497 e. The summed E-state index contributed by atoms with van der Waals surface area (Å²) in [5, 5.41) is 4.98. The van der Waals surface area contributed by atoms with Crippen LogP contribution < -0.4 is 10.3 Å². The van der Waals surface area contributed by atoms with Crippen LogP contribution in [0.5, 0.6) is 5.75 Å². The zero-order valence-corrected chi connectivity index (χ0v) is 12.5. The third kappa shape index (κ3) is 1.46. The Kier molecular flexibility index (Phi) is 2.29. The molecule has 5 rings (SSSR count). The fourth-order valence-corrected chi connectivity index (χ4v) is 3.63. The van der Waals surface area contributed by atoms with Crippen LogP contribution in [0.1, 0.15) is 0 Å². The molecule has 0 N–H and O–H groups in total. The fraction of sp³-hybridized carbons (Fsp3) is 0.0500. The van der Waals surface area contributed by atoms with Gasteiger partial charge in [0.05, 0.1) is 23.5 Å². The molecule has 3 aromatic carbocycles. The van der Waals surface area contributed by atoms with Gasteiger partial charge < -0.3 is 4.74 Å². The smallest absolute Gasteiger partial charge is 0.263 e. The first-order valence-corrected chi connectivity index (χ1v) is 7.55.